The van der Waals surface area contributed by atoms with Gasteiger partial charge in [-0.3, -0.25) is 4.79 Å². The third kappa shape index (κ3) is 5.83. The molecule has 0 aliphatic carbocycles. The van der Waals surface area contributed by atoms with Crippen molar-refractivity contribution in [3.05, 3.63) is 0 Å². The molecule has 5 unspecified atom stereocenters. The lowest BCUT2D eigenvalue weighted by Crippen LogP contribution is -2.67. The molecule has 2 aliphatic rings. The Morgan fingerprint density at radius 2 is 1.60 bits per heavy atom. The van der Waals surface area contributed by atoms with Crippen LogP contribution in [0.25, 0.3) is 0 Å². The molecule has 2 heterocycles. The molecule has 2 fully saturated rings. The van der Waals surface area contributed by atoms with Gasteiger partial charge >= 0.3 is 0 Å². The highest BCUT2D eigenvalue weighted by Gasteiger charge is 2.51. The van der Waals surface area contributed by atoms with E-state index in [1.807, 2.05) is 0 Å². The first-order chi connectivity index (χ1) is 14.1. The Morgan fingerprint density at radius 1 is 1.00 bits per heavy atom. The zero-order chi connectivity index (χ0) is 22.6. The van der Waals surface area contributed by atoms with Gasteiger partial charge in [0.05, 0.1) is 19.8 Å². The summed E-state index contributed by atoms with van der Waals surface area (Å²) in [4.78, 5) is 11.6. The van der Waals surface area contributed by atoms with Crippen LogP contribution in [0.5, 0.6) is 0 Å². The second-order valence-electron chi connectivity index (χ2n) is 7.55. The van der Waals surface area contributed by atoms with Gasteiger partial charge in [0.15, 0.2) is 12.6 Å². The van der Waals surface area contributed by atoms with Gasteiger partial charge in [-0.25, -0.2) is 0 Å². The first-order valence-corrected chi connectivity index (χ1v) is 9.65. The molecule has 1 amide bonds. The van der Waals surface area contributed by atoms with Crippen LogP contribution in [0.15, 0.2) is 0 Å². The average molecular weight is 440 g/mol. The fraction of sp³-hybridized carbons (Fsp3) is 0.941. The number of rotatable bonds is 8. The smallest absolute Gasteiger partial charge is 0.217 e. The lowest BCUT2D eigenvalue weighted by atomic mass is 9.95. The topological polar surface area (TPSA) is 213 Å². The number of aliphatic hydroxyl groups excluding tert-OH is 6. The number of hydrogen-bond acceptors (Lipinski definition) is 12. The van der Waals surface area contributed by atoms with Gasteiger partial charge in [-0.05, 0) is 6.92 Å². The van der Waals surface area contributed by atoms with Crippen molar-refractivity contribution >= 4 is 5.91 Å². The molecule has 13 nitrogen and oxygen atoms in total. The van der Waals surface area contributed by atoms with Crippen molar-refractivity contribution in [2.75, 3.05) is 19.8 Å². The van der Waals surface area contributed by atoms with Crippen LogP contribution in [0.3, 0.4) is 0 Å². The Labute approximate surface area is 173 Å². The molecule has 0 aromatic carbocycles. The molecule has 0 saturated carbocycles. The first-order valence-electron chi connectivity index (χ1n) is 9.65. The summed E-state index contributed by atoms with van der Waals surface area (Å²) < 4.78 is 22.0. The van der Waals surface area contributed by atoms with Gasteiger partial charge in [-0.15, -0.1) is 0 Å². The summed E-state index contributed by atoms with van der Waals surface area (Å²) in [6, 6.07) is -1.47. The van der Waals surface area contributed by atoms with Crippen molar-refractivity contribution in [3.63, 3.8) is 0 Å². The molecule has 2 aliphatic heterocycles. The molecular formula is C17H32N2O11. The van der Waals surface area contributed by atoms with E-state index < -0.39 is 80.5 Å². The van der Waals surface area contributed by atoms with E-state index >= 15 is 0 Å². The molecule has 0 aromatic rings. The van der Waals surface area contributed by atoms with Crippen LogP contribution in [0, 0.1) is 0 Å². The van der Waals surface area contributed by atoms with Gasteiger partial charge < -0.3 is 60.6 Å². The Balaban J connectivity index is 2.20. The fourth-order valence-electron chi connectivity index (χ4n) is 3.35. The van der Waals surface area contributed by atoms with E-state index in [1.54, 1.807) is 6.92 Å². The lowest BCUT2D eigenvalue weighted by Gasteiger charge is -2.47. The number of carbonyl (C=O) groups excluding carboxylic acids is 1. The Bertz CT molecular complexity index is 552. The number of carbonyl (C=O) groups is 1. The Morgan fingerprint density at radius 3 is 2.13 bits per heavy atom. The third-order valence-electron chi connectivity index (χ3n) is 4.89. The van der Waals surface area contributed by atoms with E-state index in [0.717, 1.165) is 0 Å². The molecule has 0 spiro atoms. The van der Waals surface area contributed by atoms with E-state index in [-0.39, 0.29) is 12.6 Å². The molecule has 176 valence electrons. The van der Waals surface area contributed by atoms with Gasteiger partial charge in [-0.2, -0.15) is 0 Å². The summed E-state index contributed by atoms with van der Waals surface area (Å²) in [7, 11) is 0. The van der Waals surface area contributed by atoms with Crippen molar-refractivity contribution in [3.8, 4) is 0 Å². The van der Waals surface area contributed by atoms with E-state index in [2.05, 4.69) is 5.32 Å². The summed E-state index contributed by atoms with van der Waals surface area (Å²) in [5, 5.41) is 62.3. The molecule has 2 saturated heterocycles. The van der Waals surface area contributed by atoms with Crippen molar-refractivity contribution < 1.29 is 54.4 Å². The van der Waals surface area contributed by atoms with Crippen molar-refractivity contribution in [2.24, 2.45) is 5.73 Å². The minimum atomic E-state index is -1.72. The van der Waals surface area contributed by atoms with Crippen LogP contribution < -0.4 is 11.1 Å². The number of hydrogen-bond donors (Lipinski definition) is 8. The quantitative estimate of drug-likeness (QED) is 0.178. The van der Waals surface area contributed by atoms with Crippen molar-refractivity contribution in [1.82, 2.24) is 5.32 Å². The minimum Gasteiger partial charge on any atom is -0.394 e. The number of nitrogens with one attached hydrogen (secondary N) is 1. The van der Waals surface area contributed by atoms with Crippen LogP contribution in [-0.4, -0.2) is 124 Å². The third-order valence-corrected chi connectivity index (χ3v) is 4.89. The maximum absolute atomic E-state index is 11.6. The maximum atomic E-state index is 11.6. The highest BCUT2D eigenvalue weighted by Crippen LogP contribution is 2.29. The molecule has 11 atom stereocenters. The Kier molecular flexibility index (Phi) is 9.32. The van der Waals surface area contributed by atoms with Gasteiger partial charge in [-0.1, -0.05) is 0 Å². The standard InChI is InChI=1S/C17H32N2O11/c1-6(18)5-27-16-10(19-7(2)22)12(24)15(9(4-21)29-16)30-17-14(26)13(25)11(23)8(3-20)28-17/h6,8-17,20-21,23-26H,3-5,18H2,1-2H3,(H,19,22)/t6?,8?,9?,10?,11-,12+,13-,14?,15+,16+,17-/m0/s1. The zero-order valence-electron chi connectivity index (χ0n) is 16.8. The second kappa shape index (κ2) is 11.1. The monoisotopic (exact) mass is 440 g/mol. The van der Waals surface area contributed by atoms with Gasteiger partial charge in [0, 0.05) is 13.0 Å². The SMILES string of the molecule is CC(=O)NC1[C@H](OCC(C)N)OC(CO)[C@@H](O[C@@H]2OC(CO)[C@H](O)[C@H](O)C2O)[C@@H]1O. The maximum Gasteiger partial charge on any atom is 0.217 e. The summed E-state index contributed by atoms with van der Waals surface area (Å²) in [5.74, 6) is -0.494. The number of ether oxygens (including phenoxy) is 4. The highest BCUT2D eigenvalue weighted by atomic mass is 16.7. The number of nitrogens with two attached hydrogens (primary N) is 1. The van der Waals surface area contributed by atoms with E-state index in [9.17, 15) is 35.4 Å². The van der Waals surface area contributed by atoms with Gasteiger partial charge in [0.1, 0.15) is 48.8 Å². The molecule has 0 bridgehead atoms. The van der Waals surface area contributed by atoms with Gasteiger partial charge in [0.25, 0.3) is 0 Å². The normalized spacial score (nSPS) is 43.2. The summed E-state index contributed by atoms with van der Waals surface area (Å²) in [6.45, 7) is 1.66. The van der Waals surface area contributed by atoms with Crippen LogP contribution in [-0.2, 0) is 23.7 Å². The van der Waals surface area contributed by atoms with E-state index in [0.29, 0.717) is 0 Å². The Hall–Kier alpha value is -0.970. The van der Waals surface area contributed by atoms with Crippen LogP contribution >= 0.6 is 0 Å². The fourth-order valence-corrected chi connectivity index (χ4v) is 3.35. The van der Waals surface area contributed by atoms with E-state index in [1.165, 1.54) is 6.92 Å². The molecule has 9 N–H and O–H groups in total. The summed E-state index contributed by atoms with van der Waals surface area (Å²) >= 11 is 0. The molecular weight excluding hydrogens is 408 g/mol. The number of amides is 1. The average Bonchev–Trinajstić information content (AvgIpc) is 2.69. The predicted octanol–water partition coefficient (Wildman–Crippen LogP) is -4.88. The lowest BCUT2D eigenvalue weighted by molar-refractivity contribution is -0.348. The molecule has 0 radical (unpaired) electrons. The summed E-state index contributed by atoms with van der Waals surface area (Å²) in [6.07, 6.45) is -12.9. The zero-order valence-corrected chi connectivity index (χ0v) is 16.8. The van der Waals surface area contributed by atoms with Crippen LogP contribution in [0.2, 0.25) is 0 Å². The number of aliphatic hydroxyl groups is 6. The second-order valence-corrected chi connectivity index (χ2v) is 7.55. The van der Waals surface area contributed by atoms with Crippen molar-refractivity contribution in [2.45, 2.75) is 81.2 Å². The molecule has 30 heavy (non-hydrogen) atoms. The van der Waals surface area contributed by atoms with Crippen LogP contribution in [0.1, 0.15) is 13.8 Å². The predicted molar refractivity (Wildman–Crippen MR) is 97.6 cm³/mol. The van der Waals surface area contributed by atoms with Crippen molar-refractivity contribution in [1.29, 1.82) is 0 Å². The highest BCUT2D eigenvalue weighted by molar-refractivity contribution is 5.73. The van der Waals surface area contributed by atoms with E-state index in [4.69, 9.17) is 24.7 Å². The largest absolute Gasteiger partial charge is 0.394 e. The minimum absolute atomic E-state index is 0.0455. The molecule has 13 heteroatoms. The van der Waals surface area contributed by atoms with Crippen LogP contribution in [0.4, 0.5) is 0 Å². The first kappa shape index (κ1) is 25.3. The van der Waals surface area contributed by atoms with Gasteiger partial charge in [0.2, 0.25) is 5.91 Å². The molecule has 0 aromatic heterocycles. The molecule has 2 rings (SSSR count). The summed E-state index contributed by atoms with van der Waals surface area (Å²) in [5.41, 5.74) is 5.66.